The van der Waals surface area contributed by atoms with Gasteiger partial charge in [-0.1, -0.05) is 24.6 Å². The van der Waals surface area contributed by atoms with Gasteiger partial charge in [-0.3, -0.25) is 4.99 Å². The third-order valence-corrected chi connectivity index (χ3v) is 5.69. The van der Waals surface area contributed by atoms with Gasteiger partial charge in [-0.25, -0.2) is 0 Å². The highest BCUT2D eigenvalue weighted by atomic mass is 127. The smallest absolute Gasteiger partial charge is 0.191 e. The van der Waals surface area contributed by atoms with Gasteiger partial charge < -0.3 is 20.4 Å². The van der Waals surface area contributed by atoms with E-state index in [2.05, 4.69) is 65.5 Å². The Morgan fingerprint density at radius 1 is 1.11 bits per heavy atom. The molecule has 28 heavy (non-hydrogen) atoms. The van der Waals surface area contributed by atoms with Crippen LogP contribution in [0.2, 0.25) is 0 Å². The quantitative estimate of drug-likeness (QED) is 0.343. The maximum atomic E-state index is 4.91. The predicted octanol–water partition coefficient (Wildman–Crippen LogP) is 3.48. The van der Waals surface area contributed by atoms with E-state index in [0.717, 1.165) is 38.6 Å². The highest BCUT2D eigenvalue weighted by molar-refractivity contribution is 14.0. The number of aryl methyl sites for hydroxylation is 1. The summed E-state index contributed by atoms with van der Waals surface area (Å²) >= 11 is 0. The fourth-order valence-electron chi connectivity index (χ4n) is 4.18. The van der Waals surface area contributed by atoms with Gasteiger partial charge in [0.15, 0.2) is 5.96 Å². The van der Waals surface area contributed by atoms with E-state index in [1.807, 2.05) is 0 Å². The van der Waals surface area contributed by atoms with E-state index >= 15 is 0 Å². The minimum absolute atomic E-state index is 0. The number of benzene rings is 1. The third-order valence-electron chi connectivity index (χ3n) is 5.69. The van der Waals surface area contributed by atoms with Crippen LogP contribution in [-0.2, 0) is 0 Å². The maximum absolute atomic E-state index is 4.91. The topological polar surface area (TPSA) is 42.9 Å². The van der Waals surface area contributed by atoms with Crippen molar-refractivity contribution in [1.29, 1.82) is 0 Å². The Bertz CT molecular complexity index is 603. The molecule has 2 aliphatic rings. The molecule has 2 unspecified atom stereocenters. The molecule has 0 aromatic heterocycles. The van der Waals surface area contributed by atoms with Gasteiger partial charge in [-0.2, -0.15) is 0 Å². The number of likely N-dealkylation sites (tertiary alicyclic amines) is 1. The number of rotatable bonds is 7. The second-order valence-corrected chi connectivity index (χ2v) is 8.09. The number of nitrogens with one attached hydrogen (secondary N) is 2. The van der Waals surface area contributed by atoms with Gasteiger partial charge >= 0.3 is 0 Å². The van der Waals surface area contributed by atoms with Gasteiger partial charge in [0.05, 0.1) is 0 Å². The molecule has 0 saturated carbocycles. The molecule has 0 radical (unpaired) electrons. The van der Waals surface area contributed by atoms with Crippen LogP contribution in [0.1, 0.15) is 38.7 Å². The van der Waals surface area contributed by atoms with Crippen molar-refractivity contribution in [3.8, 4) is 0 Å². The van der Waals surface area contributed by atoms with E-state index in [1.165, 1.54) is 43.7 Å². The predicted molar refractivity (Wildman–Crippen MR) is 131 cm³/mol. The number of guanidine groups is 1. The highest BCUT2D eigenvalue weighted by Gasteiger charge is 2.24. The SMILES string of the molecule is CCCN1CCC(CN=C(NCC)NC2CCN(c3ccc(C)cc3)C2)C1.I. The Balaban J connectivity index is 0.00000280. The average Bonchev–Trinajstić information content (AvgIpc) is 3.30. The molecule has 2 saturated heterocycles. The monoisotopic (exact) mass is 499 g/mol. The Morgan fingerprint density at radius 2 is 1.89 bits per heavy atom. The van der Waals surface area contributed by atoms with Crippen molar-refractivity contribution in [1.82, 2.24) is 15.5 Å². The summed E-state index contributed by atoms with van der Waals surface area (Å²) < 4.78 is 0. The second kappa shape index (κ2) is 11.9. The van der Waals surface area contributed by atoms with Crippen molar-refractivity contribution in [2.24, 2.45) is 10.9 Å². The second-order valence-electron chi connectivity index (χ2n) is 8.09. The van der Waals surface area contributed by atoms with Crippen LogP contribution in [0.4, 0.5) is 5.69 Å². The van der Waals surface area contributed by atoms with Crippen LogP contribution < -0.4 is 15.5 Å². The van der Waals surface area contributed by atoms with Crippen LogP contribution in [0.3, 0.4) is 0 Å². The number of halogens is 1. The summed E-state index contributed by atoms with van der Waals surface area (Å²) in [6.45, 7) is 14.2. The van der Waals surface area contributed by atoms with Gasteiger partial charge in [0.25, 0.3) is 0 Å². The van der Waals surface area contributed by atoms with Crippen LogP contribution in [0.25, 0.3) is 0 Å². The molecule has 1 aromatic carbocycles. The van der Waals surface area contributed by atoms with Gasteiger partial charge in [-0.05, 0) is 64.3 Å². The number of hydrogen-bond donors (Lipinski definition) is 2. The number of anilines is 1. The Kier molecular flexibility index (Phi) is 9.85. The minimum Gasteiger partial charge on any atom is -0.369 e. The molecule has 6 heteroatoms. The maximum Gasteiger partial charge on any atom is 0.191 e. The van der Waals surface area contributed by atoms with Crippen molar-refractivity contribution >= 4 is 35.6 Å². The summed E-state index contributed by atoms with van der Waals surface area (Å²) in [6, 6.07) is 9.33. The largest absolute Gasteiger partial charge is 0.369 e. The summed E-state index contributed by atoms with van der Waals surface area (Å²) in [4.78, 5) is 9.96. The van der Waals surface area contributed by atoms with E-state index < -0.39 is 0 Å². The molecule has 1 aromatic rings. The molecule has 0 bridgehead atoms. The summed E-state index contributed by atoms with van der Waals surface area (Å²) in [5, 5.41) is 7.11. The van der Waals surface area contributed by atoms with Crippen LogP contribution >= 0.6 is 24.0 Å². The minimum atomic E-state index is 0. The van der Waals surface area contributed by atoms with Crippen LogP contribution in [0.5, 0.6) is 0 Å². The molecule has 2 heterocycles. The third kappa shape index (κ3) is 6.79. The van der Waals surface area contributed by atoms with Crippen molar-refractivity contribution < 1.29 is 0 Å². The molecule has 158 valence electrons. The molecule has 5 nitrogen and oxygen atoms in total. The Morgan fingerprint density at radius 3 is 2.61 bits per heavy atom. The standard InChI is InChI=1S/C22H37N5.HI/c1-4-12-26-13-10-19(16-26)15-24-22(23-5-2)25-20-11-14-27(17-20)21-8-6-18(3)7-9-21;/h6-9,19-20H,4-5,10-17H2,1-3H3,(H2,23,24,25);1H. The van der Waals surface area contributed by atoms with Gasteiger partial charge in [0.1, 0.15) is 0 Å². The Labute approximate surface area is 188 Å². The molecule has 0 aliphatic carbocycles. The lowest BCUT2D eigenvalue weighted by Gasteiger charge is -2.21. The highest BCUT2D eigenvalue weighted by Crippen LogP contribution is 2.21. The molecule has 2 aliphatic heterocycles. The summed E-state index contributed by atoms with van der Waals surface area (Å²) in [5.41, 5.74) is 2.65. The van der Waals surface area contributed by atoms with E-state index in [0.29, 0.717) is 12.0 Å². The summed E-state index contributed by atoms with van der Waals surface area (Å²) in [7, 11) is 0. The van der Waals surface area contributed by atoms with E-state index in [1.54, 1.807) is 0 Å². The lowest BCUT2D eigenvalue weighted by atomic mass is 10.1. The van der Waals surface area contributed by atoms with E-state index in [4.69, 9.17) is 4.99 Å². The van der Waals surface area contributed by atoms with Crippen LogP contribution in [0, 0.1) is 12.8 Å². The van der Waals surface area contributed by atoms with Crippen LogP contribution in [-0.4, -0.2) is 62.7 Å². The molecule has 2 atom stereocenters. The Hall–Kier alpha value is -1.02. The number of nitrogens with zero attached hydrogens (tertiary/aromatic N) is 3. The van der Waals surface area contributed by atoms with Crippen molar-refractivity contribution in [2.75, 3.05) is 50.7 Å². The first-order valence-electron chi connectivity index (χ1n) is 10.8. The lowest BCUT2D eigenvalue weighted by molar-refractivity contribution is 0.326. The number of aliphatic imine (C=N–C) groups is 1. The average molecular weight is 499 g/mol. The van der Waals surface area contributed by atoms with Gasteiger partial charge in [-0.15, -0.1) is 24.0 Å². The molecular formula is C22H38IN5. The first-order valence-corrected chi connectivity index (χ1v) is 10.8. The molecule has 2 N–H and O–H groups in total. The first-order chi connectivity index (χ1) is 13.2. The van der Waals surface area contributed by atoms with Crippen molar-refractivity contribution in [3.05, 3.63) is 29.8 Å². The van der Waals surface area contributed by atoms with Crippen molar-refractivity contribution in [3.63, 3.8) is 0 Å². The van der Waals surface area contributed by atoms with Crippen molar-refractivity contribution in [2.45, 2.75) is 46.1 Å². The zero-order valence-electron chi connectivity index (χ0n) is 17.8. The molecule has 0 amide bonds. The van der Waals surface area contributed by atoms with E-state index in [9.17, 15) is 0 Å². The zero-order valence-corrected chi connectivity index (χ0v) is 20.1. The molecule has 2 fully saturated rings. The summed E-state index contributed by atoms with van der Waals surface area (Å²) in [5.74, 6) is 1.70. The summed E-state index contributed by atoms with van der Waals surface area (Å²) in [6.07, 6.45) is 3.69. The number of hydrogen-bond acceptors (Lipinski definition) is 3. The fraction of sp³-hybridized carbons (Fsp3) is 0.682. The van der Waals surface area contributed by atoms with E-state index in [-0.39, 0.29) is 24.0 Å². The van der Waals surface area contributed by atoms with Crippen LogP contribution in [0.15, 0.2) is 29.3 Å². The zero-order chi connectivity index (χ0) is 19.1. The van der Waals surface area contributed by atoms with Gasteiger partial charge in [0, 0.05) is 44.5 Å². The molecule has 3 rings (SSSR count). The lowest BCUT2D eigenvalue weighted by Crippen LogP contribution is -2.45. The fourth-order valence-corrected chi connectivity index (χ4v) is 4.18. The first kappa shape index (κ1) is 23.3. The van der Waals surface area contributed by atoms with Gasteiger partial charge in [0.2, 0.25) is 0 Å². The molecule has 0 spiro atoms. The molecular weight excluding hydrogens is 461 g/mol. The normalized spacial score (nSPS) is 23.0.